The van der Waals surface area contributed by atoms with Crippen molar-refractivity contribution in [2.24, 2.45) is 12.8 Å². The Balaban J connectivity index is 2.40. The van der Waals surface area contributed by atoms with E-state index < -0.39 is 0 Å². The molecular weight excluding hydrogens is 266 g/mol. The molecule has 1 aromatic carbocycles. The monoisotopic (exact) mass is 279 g/mol. The molecule has 1 aromatic heterocycles. The second kappa shape index (κ2) is 4.39. The van der Waals surface area contributed by atoms with Gasteiger partial charge in [0, 0.05) is 17.7 Å². The highest BCUT2D eigenvalue weighted by molar-refractivity contribution is 9.10. The van der Waals surface area contributed by atoms with Gasteiger partial charge in [0.1, 0.15) is 0 Å². The molecule has 0 spiro atoms. The summed E-state index contributed by atoms with van der Waals surface area (Å²) >= 11 is 3.52. The van der Waals surface area contributed by atoms with Gasteiger partial charge >= 0.3 is 0 Å². The molecule has 0 saturated heterocycles. The molecule has 0 aliphatic heterocycles. The van der Waals surface area contributed by atoms with E-state index in [4.69, 9.17) is 5.73 Å². The Kier molecular flexibility index (Phi) is 3.12. The number of rotatable bonds is 2. The van der Waals surface area contributed by atoms with Gasteiger partial charge in [-0.05, 0) is 24.6 Å². The summed E-state index contributed by atoms with van der Waals surface area (Å²) in [7, 11) is 1.89. The molecule has 0 radical (unpaired) electrons. The van der Waals surface area contributed by atoms with Crippen LogP contribution in [0.15, 0.2) is 34.9 Å². The lowest BCUT2D eigenvalue weighted by Crippen LogP contribution is -2.13. The van der Waals surface area contributed by atoms with Crippen molar-refractivity contribution in [3.05, 3.63) is 51.8 Å². The Morgan fingerprint density at radius 1 is 1.38 bits per heavy atom. The highest BCUT2D eigenvalue weighted by atomic mass is 79.9. The molecule has 0 saturated carbocycles. The molecule has 0 fully saturated rings. The lowest BCUT2D eigenvalue weighted by molar-refractivity contribution is 0.714. The van der Waals surface area contributed by atoms with Crippen molar-refractivity contribution in [1.29, 1.82) is 0 Å². The number of aryl methyl sites for hydroxylation is 2. The Hall–Kier alpha value is -1.13. The average Bonchev–Trinajstić information content (AvgIpc) is 2.67. The van der Waals surface area contributed by atoms with Crippen molar-refractivity contribution in [2.45, 2.75) is 13.0 Å². The van der Waals surface area contributed by atoms with Crippen LogP contribution in [0.3, 0.4) is 0 Å². The van der Waals surface area contributed by atoms with Gasteiger partial charge in [-0.1, -0.05) is 33.6 Å². The number of nitrogens with zero attached hydrogens (tertiary/aromatic N) is 2. The molecule has 1 atom stereocenters. The van der Waals surface area contributed by atoms with Crippen LogP contribution >= 0.6 is 15.9 Å². The average molecular weight is 280 g/mol. The lowest BCUT2D eigenvalue weighted by Gasteiger charge is -2.12. The molecule has 2 aromatic rings. The van der Waals surface area contributed by atoms with Crippen molar-refractivity contribution in [1.82, 2.24) is 9.78 Å². The van der Waals surface area contributed by atoms with Crippen molar-refractivity contribution in [3.8, 4) is 0 Å². The zero-order valence-electron chi connectivity index (χ0n) is 9.31. The fourth-order valence-electron chi connectivity index (χ4n) is 1.66. The molecule has 0 bridgehead atoms. The van der Waals surface area contributed by atoms with E-state index in [9.17, 15) is 0 Å². The van der Waals surface area contributed by atoms with Crippen LogP contribution in [0.25, 0.3) is 0 Å². The van der Waals surface area contributed by atoms with Crippen LogP contribution in [-0.2, 0) is 7.05 Å². The first-order valence-corrected chi connectivity index (χ1v) is 5.88. The predicted molar refractivity (Wildman–Crippen MR) is 68.1 cm³/mol. The van der Waals surface area contributed by atoms with Crippen LogP contribution in [-0.4, -0.2) is 9.78 Å². The summed E-state index contributed by atoms with van der Waals surface area (Å²) in [6.45, 7) is 2.06. The van der Waals surface area contributed by atoms with Gasteiger partial charge in [-0.2, -0.15) is 5.10 Å². The first-order valence-electron chi connectivity index (χ1n) is 5.09. The smallest absolute Gasteiger partial charge is 0.0837 e. The molecule has 0 amide bonds. The minimum Gasteiger partial charge on any atom is -0.319 e. The summed E-state index contributed by atoms with van der Waals surface area (Å²) in [6, 6.07) is 7.92. The minimum absolute atomic E-state index is 0.185. The minimum atomic E-state index is -0.185. The van der Waals surface area contributed by atoms with E-state index >= 15 is 0 Å². The second-order valence-electron chi connectivity index (χ2n) is 3.92. The van der Waals surface area contributed by atoms with E-state index in [1.807, 2.05) is 25.4 Å². The topological polar surface area (TPSA) is 43.8 Å². The first kappa shape index (κ1) is 11.4. The molecule has 16 heavy (non-hydrogen) atoms. The van der Waals surface area contributed by atoms with Gasteiger partial charge in [-0.3, -0.25) is 4.68 Å². The van der Waals surface area contributed by atoms with E-state index in [-0.39, 0.29) is 6.04 Å². The van der Waals surface area contributed by atoms with E-state index in [1.165, 1.54) is 5.56 Å². The fourth-order valence-corrected chi connectivity index (χ4v) is 2.15. The largest absolute Gasteiger partial charge is 0.319 e. The summed E-state index contributed by atoms with van der Waals surface area (Å²) < 4.78 is 2.79. The molecule has 0 aliphatic carbocycles. The van der Waals surface area contributed by atoms with E-state index in [1.54, 1.807) is 4.68 Å². The van der Waals surface area contributed by atoms with Crippen LogP contribution in [0.1, 0.15) is 22.9 Å². The summed E-state index contributed by atoms with van der Waals surface area (Å²) in [6.07, 6.45) is 1.90. The number of nitrogens with two attached hydrogens (primary N) is 1. The first-order chi connectivity index (χ1) is 7.58. The molecule has 1 unspecified atom stereocenters. The number of hydrogen-bond donors (Lipinski definition) is 1. The standard InChI is InChI=1S/C12H14BrN3/c1-8-3-4-10(13)9(7-8)12(14)11-5-6-16(2)15-11/h3-7,12H,14H2,1-2H3. The highest BCUT2D eigenvalue weighted by Gasteiger charge is 2.14. The summed E-state index contributed by atoms with van der Waals surface area (Å²) in [5.74, 6) is 0. The fraction of sp³-hybridized carbons (Fsp3) is 0.250. The van der Waals surface area contributed by atoms with Gasteiger partial charge < -0.3 is 5.73 Å². The van der Waals surface area contributed by atoms with Crippen molar-refractivity contribution in [3.63, 3.8) is 0 Å². The number of benzene rings is 1. The van der Waals surface area contributed by atoms with Gasteiger partial charge in [0.25, 0.3) is 0 Å². The van der Waals surface area contributed by atoms with Crippen LogP contribution in [0.5, 0.6) is 0 Å². The maximum absolute atomic E-state index is 6.19. The maximum atomic E-state index is 6.19. The summed E-state index contributed by atoms with van der Waals surface area (Å²) in [4.78, 5) is 0. The maximum Gasteiger partial charge on any atom is 0.0837 e. The predicted octanol–water partition coefficient (Wildman–Crippen LogP) is 2.54. The van der Waals surface area contributed by atoms with Crippen molar-refractivity contribution >= 4 is 15.9 Å². The Labute approximate surface area is 103 Å². The second-order valence-corrected chi connectivity index (χ2v) is 4.77. The summed E-state index contributed by atoms with van der Waals surface area (Å²) in [5, 5.41) is 4.33. The molecule has 2 rings (SSSR count). The van der Waals surface area contributed by atoms with Gasteiger partial charge in [0.15, 0.2) is 0 Å². The SMILES string of the molecule is Cc1ccc(Br)c(C(N)c2ccn(C)n2)c1. The Morgan fingerprint density at radius 3 is 2.75 bits per heavy atom. The van der Waals surface area contributed by atoms with Gasteiger partial charge in [-0.15, -0.1) is 0 Å². The van der Waals surface area contributed by atoms with Crippen LogP contribution in [0.4, 0.5) is 0 Å². The normalized spacial score (nSPS) is 12.8. The van der Waals surface area contributed by atoms with E-state index in [0.717, 1.165) is 15.7 Å². The molecular formula is C12H14BrN3. The quantitative estimate of drug-likeness (QED) is 0.918. The highest BCUT2D eigenvalue weighted by Crippen LogP contribution is 2.26. The summed E-state index contributed by atoms with van der Waals surface area (Å²) in [5.41, 5.74) is 9.34. The zero-order valence-corrected chi connectivity index (χ0v) is 10.9. The third-order valence-corrected chi connectivity index (χ3v) is 3.26. The van der Waals surface area contributed by atoms with Crippen LogP contribution < -0.4 is 5.73 Å². The Bertz CT molecular complexity index is 505. The third-order valence-electron chi connectivity index (χ3n) is 2.54. The molecule has 1 heterocycles. The van der Waals surface area contributed by atoms with Crippen molar-refractivity contribution in [2.75, 3.05) is 0 Å². The van der Waals surface area contributed by atoms with Gasteiger partial charge in [0.2, 0.25) is 0 Å². The molecule has 2 N–H and O–H groups in total. The molecule has 0 aliphatic rings. The number of hydrogen-bond acceptors (Lipinski definition) is 2. The van der Waals surface area contributed by atoms with Crippen LogP contribution in [0.2, 0.25) is 0 Å². The third kappa shape index (κ3) is 2.18. The molecule has 3 nitrogen and oxygen atoms in total. The van der Waals surface area contributed by atoms with Crippen molar-refractivity contribution < 1.29 is 0 Å². The zero-order chi connectivity index (χ0) is 11.7. The molecule has 84 valence electrons. The number of halogens is 1. The Morgan fingerprint density at radius 2 is 2.12 bits per heavy atom. The van der Waals surface area contributed by atoms with E-state index in [0.29, 0.717) is 0 Å². The number of aromatic nitrogens is 2. The van der Waals surface area contributed by atoms with Gasteiger partial charge in [-0.25, -0.2) is 0 Å². The molecule has 4 heteroatoms. The lowest BCUT2D eigenvalue weighted by atomic mass is 10.0. The van der Waals surface area contributed by atoms with Crippen LogP contribution in [0, 0.1) is 6.92 Å². The van der Waals surface area contributed by atoms with E-state index in [2.05, 4.69) is 40.1 Å². The van der Waals surface area contributed by atoms with Gasteiger partial charge in [0.05, 0.1) is 11.7 Å².